The van der Waals surface area contributed by atoms with Crippen molar-refractivity contribution in [2.45, 2.75) is 18.8 Å². The van der Waals surface area contributed by atoms with E-state index in [9.17, 15) is 13.6 Å². The van der Waals surface area contributed by atoms with E-state index in [1.165, 1.54) is 0 Å². The van der Waals surface area contributed by atoms with Crippen molar-refractivity contribution < 1.29 is 13.6 Å². The summed E-state index contributed by atoms with van der Waals surface area (Å²) in [6, 6.07) is 9.95. The standard InChI is InChI=1S/C19H14ClF2N3O/c20-12-3-1-2-11(8-12)17-18(16(24-25-17)10-4-5-10)23-19(26)14-7-6-13(21)9-15(14)22/h1-3,6-10H,4-5H2,(H,23,26)(H,24,25). The Hall–Kier alpha value is -2.73. The van der Waals surface area contributed by atoms with Crippen LogP contribution in [0, 0.1) is 11.6 Å². The molecule has 1 aliphatic carbocycles. The first-order valence-corrected chi connectivity index (χ1v) is 8.51. The van der Waals surface area contributed by atoms with E-state index in [4.69, 9.17) is 11.6 Å². The van der Waals surface area contributed by atoms with Gasteiger partial charge in [-0.2, -0.15) is 5.10 Å². The average Bonchev–Trinajstić information content (AvgIpc) is 3.36. The fraction of sp³-hybridized carbons (Fsp3) is 0.158. The van der Waals surface area contributed by atoms with Crippen LogP contribution >= 0.6 is 11.6 Å². The Balaban J connectivity index is 1.73. The van der Waals surface area contributed by atoms with Gasteiger partial charge in [0.1, 0.15) is 17.3 Å². The molecule has 132 valence electrons. The highest BCUT2D eigenvalue weighted by Crippen LogP contribution is 2.45. The van der Waals surface area contributed by atoms with Crippen molar-refractivity contribution in [3.63, 3.8) is 0 Å². The molecular formula is C19H14ClF2N3O. The second kappa shape index (κ2) is 6.53. The second-order valence-corrected chi connectivity index (χ2v) is 6.66. The summed E-state index contributed by atoms with van der Waals surface area (Å²) in [5, 5.41) is 10.6. The normalized spacial score (nSPS) is 13.7. The number of H-pyrrole nitrogens is 1. The molecular weight excluding hydrogens is 360 g/mol. The highest BCUT2D eigenvalue weighted by molar-refractivity contribution is 6.30. The van der Waals surface area contributed by atoms with E-state index >= 15 is 0 Å². The Bertz CT molecular complexity index is 998. The number of carbonyl (C=O) groups excluding carboxylic acids is 1. The highest BCUT2D eigenvalue weighted by Gasteiger charge is 2.31. The highest BCUT2D eigenvalue weighted by atomic mass is 35.5. The molecule has 0 radical (unpaired) electrons. The van der Waals surface area contributed by atoms with Gasteiger partial charge in [0.2, 0.25) is 0 Å². The topological polar surface area (TPSA) is 57.8 Å². The summed E-state index contributed by atoms with van der Waals surface area (Å²) in [6.45, 7) is 0. The van der Waals surface area contributed by atoms with E-state index in [2.05, 4.69) is 15.5 Å². The number of aromatic amines is 1. The zero-order valence-corrected chi connectivity index (χ0v) is 14.3. The molecule has 7 heteroatoms. The molecule has 2 aromatic carbocycles. The lowest BCUT2D eigenvalue weighted by Crippen LogP contribution is -2.15. The fourth-order valence-electron chi connectivity index (χ4n) is 2.85. The number of nitrogens with one attached hydrogen (secondary N) is 2. The van der Waals surface area contributed by atoms with E-state index in [1.807, 2.05) is 6.07 Å². The van der Waals surface area contributed by atoms with Crippen molar-refractivity contribution in [2.75, 3.05) is 5.32 Å². The minimum Gasteiger partial charge on any atom is -0.318 e. The first-order chi connectivity index (χ1) is 12.5. The van der Waals surface area contributed by atoms with E-state index in [0.29, 0.717) is 22.5 Å². The third-order valence-electron chi connectivity index (χ3n) is 4.29. The van der Waals surface area contributed by atoms with Crippen molar-refractivity contribution in [1.82, 2.24) is 10.2 Å². The molecule has 1 heterocycles. The summed E-state index contributed by atoms with van der Waals surface area (Å²) in [4.78, 5) is 12.5. The molecule has 26 heavy (non-hydrogen) atoms. The summed E-state index contributed by atoms with van der Waals surface area (Å²) in [5.74, 6) is -2.03. The molecule has 3 aromatic rings. The van der Waals surface area contributed by atoms with Crippen molar-refractivity contribution in [1.29, 1.82) is 0 Å². The number of aromatic nitrogens is 2. The molecule has 1 saturated carbocycles. The lowest BCUT2D eigenvalue weighted by atomic mass is 10.1. The van der Waals surface area contributed by atoms with Crippen LogP contribution in [0.5, 0.6) is 0 Å². The summed E-state index contributed by atoms with van der Waals surface area (Å²) in [5.41, 5.74) is 2.34. The molecule has 4 rings (SSSR count). The zero-order chi connectivity index (χ0) is 18.3. The minimum absolute atomic E-state index is 0.230. The van der Waals surface area contributed by atoms with Crippen molar-refractivity contribution >= 4 is 23.2 Å². The fourth-order valence-corrected chi connectivity index (χ4v) is 3.04. The molecule has 1 aromatic heterocycles. The van der Waals surface area contributed by atoms with Crippen LogP contribution in [0.25, 0.3) is 11.3 Å². The van der Waals surface area contributed by atoms with Gasteiger partial charge >= 0.3 is 0 Å². The van der Waals surface area contributed by atoms with Crippen LogP contribution < -0.4 is 5.32 Å². The summed E-state index contributed by atoms with van der Waals surface area (Å²) in [6.07, 6.45) is 1.98. The first-order valence-electron chi connectivity index (χ1n) is 8.13. The number of hydrogen-bond donors (Lipinski definition) is 2. The number of nitrogens with zero attached hydrogens (tertiary/aromatic N) is 1. The number of rotatable bonds is 4. The van der Waals surface area contributed by atoms with Gasteiger partial charge in [-0.15, -0.1) is 0 Å². The van der Waals surface area contributed by atoms with Crippen LogP contribution in [0.4, 0.5) is 14.5 Å². The Labute approximate surface area is 153 Å². The Morgan fingerprint density at radius 1 is 1.19 bits per heavy atom. The lowest BCUT2D eigenvalue weighted by molar-refractivity contribution is 0.102. The predicted molar refractivity (Wildman–Crippen MR) is 95.3 cm³/mol. The molecule has 4 nitrogen and oxygen atoms in total. The minimum atomic E-state index is -0.914. The maximum absolute atomic E-state index is 13.9. The summed E-state index contributed by atoms with van der Waals surface area (Å²) >= 11 is 6.06. The average molecular weight is 374 g/mol. The number of hydrogen-bond acceptors (Lipinski definition) is 2. The molecule has 0 aliphatic heterocycles. The Morgan fingerprint density at radius 3 is 2.69 bits per heavy atom. The van der Waals surface area contributed by atoms with Gasteiger partial charge in [-0.05, 0) is 37.1 Å². The monoisotopic (exact) mass is 373 g/mol. The largest absolute Gasteiger partial charge is 0.318 e. The van der Waals surface area contributed by atoms with Gasteiger partial charge in [0.25, 0.3) is 5.91 Å². The predicted octanol–water partition coefficient (Wildman–Crippen LogP) is 5.14. The molecule has 0 bridgehead atoms. The number of amides is 1. The Kier molecular flexibility index (Phi) is 4.20. The third-order valence-corrected chi connectivity index (χ3v) is 4.53. The molecule has 1 fully saturated rings. The maximum atomic E-state index is 13.9. The van der Waals surface area contributed by atoms with Crippen LogP contribution in [-0.2, 0) is 0 Å². The molecule has 1 aliphatic rings. The summed E-state index contributed by atoms with van der Waals surface area (Å²) in [7, 11) is 0. The molecule has 0 saturated heterocycles. The molecule has 0 unspecified atom stereocenters. The van der Waals surface area contributed by atoms with E-state index in [0.717, 1.165) is 36.2 Å². The maximum Gasteiger partial charge on any atom is 0.258 e. The lowest BCUT2D eigenvalue weighted by Gasteiger charge is -2.09. The molecule has 1 amide bonds. The van der Waals surface area contributed by atoms with Gasteiger partial charge in [0.15, 0.2) is 0 Å². The number of carbonyl (C=O) groups is 1. The molecule has 0 spiro atoms. The smallest absolute Gasteiger partial charge is 0.258 e. The van der Waals surface area contributed by atoms with Crippen LogP contribution in [0.1, 0.15) is 34.8 Å². The van der Waals surface area contributed by atoms with E-state index < -0.39 is 17.5 Å². The van der Waals surface area contributed by atoms with Crippen LogP contribution in [-0.4, -0.2) is 16.1 Å². The van der Waals surface area contributed by atoms with Crippen LogP contribution in [0.2, 0.25) is 5.02 Å². The van der Waals surface area contributed by atoms with Gasteiger partial charge in [-0.1, -0.05) is 23.7 Å². The van der Waals surface area contributed by atoms with Crippen molar-refractivity contribution in [3.05, 3.63) is 70.4 Å². The molecule has 2 N–H and O–H groups in total. The van der Waals surface area contributed by atoms with Crippen LogP contribution in [0.15, 0.2) is 42.5 Å². The number of anilines is 1. The van der Waals surface area contributed by atoms with Gasteiger partial charge in [0.05, 0.1) is 16.9 Å². The second-order valence-electron chi connectivity index (χ2n) is 6.22. The SMILES string of the molecule is O=C(Nc1c(-c2cccc(Cl)c2)n[nH]c1C1CC1)c1ccc(F)cc1F. The van der Waals surface area contributed by atoms with E-state index in [1.54, 1.807) is 18.2 Å². The van der Waals surface area contributed by atoms with E-state index in [-0.39, 0.29) is 11.5 Å². The molecule has 0 atom stereocenters. The van der Waals surface area contributed by atoms with Crippen molar-refractivity contribution in [2.24, 2.45) is 0 Å². The zero-order valence-electron chi connectivity index (χ0n) is 13.5. The van der Waals surface area contributed by atoms with Gasteiger partial charge in [0, 0.05) is 22.6 Å². The third kappa shape index (κ3) is 3.20. The van der Waals surface area contributed by atoms with Gasteiger partial charge < -0.3 is 5.32 Å². The summed E-state index contributed by atoms with van der Waals surface area (Å²) < 4.78 is 27.0. The van der Waals surface area contributed by atoms with Gasteiger partial charge in [-0.3, -0.25) is 9.89 Å². The van der Waals surface area contributed by atoms with Crippen molar-refractivity contribution in [3.8, 4) is 11.3 Å². The quantitative estimate of drug-likeness (QED) is 0.665. The Morgan fingerprint density at radius 2 is 2.00 bits per heavy atom. The van der Waals surface area contributed by atoms with Gasteiger partial charge in [-0.25, -0.2) is 8.78 Å². The first kappa shape index (κ1) is 16.7. The van der Waals surface area contributed by atoms with Crippen LogP contribution in [0.3, 0.4) is 0 Å². The number of halogens is 3. The number of benzene rings is 2.